The van der Waals surface area contributed by atoms with Crippen LogP contribution in [-0.2, 0) is 7.05 Å². The second-order valence-corrected chi connectivity index (χ2v) is 5.38. The van der Waals surface area contributed by atoms with E-state index in [0.717, 1.165) is 27.1 Å². The molecular formula is C14H11ClNOS+. The van der Waals surface area contributed by atoms with Gasteiger partial charge in [0.25, 0.3) is 0 Å². The highest BCUT2D eigenvalue weighted by Crippen LogP contribution is 2.27. The SMILES string of the molecule is C[n+]1cc(-c2ccc(Cl)cc2)oc1-c1cccs1. The Bertz CT molecular complexity index is 656. The van der Waals surface area contributed by atoms with E-state index >= 15 is 0 Å². The lowest BCUT2D eigenvalue weighted by atomic mass is 10.2. The molecular weight excluding hydrogens is 266 g/mol. The van der Waals surface area contributed by atoms with E-state index in [-0.39, 0.29) is 0 Å². The van der Waals surface area contributed by atoms with E-state index in [1.807, 2.05) is 53.5 Å². The molecule has 2 heterocycles. The zero-order valence-corrected chi connectivity index (χ0v) is 11.3. The molecule has 0 radical (unpaired) electrons. The fourth-order valence-corrected chi connectivity index (χ4v) is 2.68. The minimum absolute atomic E-state index is 0.730. The van der Waals surface area contributed by atoms with Gasteiger partial charge in [-0.15, -0.1) is 11.3 Å². The van der Waals surface area contributed by atoms with E-state index in [1.165, 1.54) is 0 Å². The Morgan fingerprint density at radius 3 is 2.61 bits per heavy atom. The molecule has 0 atom stereocenters. The van der Waals surface area contributed by atoms with Crippen LogP contribution in [0, 0.1) is 0 Å². The molecule has 0 spiro atoms. The van der Waals surface area contributed by atoms with E-state index in [2.05, 4.69) is 6.07 Å². The third-order valence-corrected chi connectivity index (χ3v) is 3.81. The Balaban J connectivity index is 2.05. The molecule has 0 unspecified atom stereocenters. The van der Waals surface area contributed by atoms with Gasteiger partial charge in [0.2, 0.25) is 12.0 Å². The van der Waals surface area contributed by atoms with Crippen LogP contribution in [0.2, 0.25) is 5.02 Å². The molecule has 90 valence electrons. The third-order valence-electron chi connectivity index (χ3n) is 2.70. The van der Waals surface area contributed by atoms with Gasteiger partial charge in [0.05, 0.1) is 0 Å². The summed E-state index contributed by atoms with van der Waals surface area (Å²) in [6, 6.07) is 11.7. The van der Waals surface area contributed by atoms with E-state index in [0.29, 0.717) is 0 Å². The van der Waals surface area contributed by atoms with E-state index in [9.17, 15) is 0 Å². The predicted molar refractivity (Wildman–Crippen MR) is 73.6 cm³/mol. The van der Waals surface area contributed by atoms with Crippen LogP contribution < -0.4 is 4.57 Å². The molecule has 0 saturated carbocycles. The molecule has 0 aliphatic rings. The molecule has 0 aliphatic heterocycles. The number of aryl methyl sites for hydroxylation is 1. The summed E-state index contributed by atoms with van der Waals surface area (Å²) in [5.41, 5.74) is 1.03. The zero-order chi connectivity index (χ0) is 12.5. The van der Waals surface area contributed by atoms with Crippen molar-refractivity contribution >= 4 is 22.9 Å². The maximum Gasteiger partial charge on any atom is 0.391 e. The first-order chi connectivity index (χ1) is 8.74. The number of hydrogen-bond acceptors (Lipinski definition) is 2. The standard InChI is InChI=1S/C14H11ClNOS/c1-16-9-12(10-4-6-11(15)7-5-10)17-14(16)13-3-2-8-18-13/h2-9H,1H3/q+1. The third kappa shape index (κ3) is 2.07. The van der Waals surface area contributed by atoms with Crippen LogP contribution in [0.15, 0.2) is 52.4 Å². The van der Waals surface area contributed by atoms with Gasteiger partial charge >= 0.3 is 5.89 Å². The number of benzene rings is 1. The number of thiophene rings is 1. The topological polar surface area (TPSA) is 17.0 Å². The van der Waals surface area contributed by atoms with Crippen molar-refractivity contribution in [1.29, 1.82) is 0 Å². The highest BCUT2D eigenvalue weighted by atomic mass is 35.5. The maximum absolute atomic E-state index is 5.92. The average molecular weight is 277 g/mol. The fourth-order valence-electron chi connectivity index (χ4n) is 1.81. The van der Waals surface area contributed by atoms with Gasteiger partial charge in [-0.1, -0.05) is 17.7 Å². The first-order valence-corrected chi connectivity index (χ1v) is 6.79. The quantitative estimate of drug-likeness (QED) is 0.643. The monoisotopic (exact) mass is 276 g/mol. The van der Waals surface area contributed by atoms with Gasteiger partial charge in [0, 0.05) is 10.6 Å². The lowest BCUT2D eigenvalue weighted by molar-refractivity contribution is -0.662. The Morgan fingerprint density at radius 2 is 1.94 bits per heavy atom. The van der Waals surface area contributed by atoms with Crippen molar-refractivity contribution in [2.24, 2.45) is 7.05 Å². The molecule has 0 saturated heterocycles. The van der Waals surface area contributed by atoms with Crippen LogP contribution in [0.4, 0.5) is 0 Å². The van der Waals surface area contributed by atoms with Crippen molar-refractivity contribution in [2.75, 3.05) is 0 Å². The number of halogens is 1. The van der Waals surface area contributed by atoms with Gasteiger partial charge in [-0.2, -0.15) is 4.57 Å². The Kier molecular flexibility index (Phi) is 2.94. The van der Waals surface area contributed by atoms with Crippen molar-refractivity contribution < 1.29 is 8.98 Å². The normalized spacial score (nSPS) is 10.8. The maximum atomic E-state index is 5.92. The minimum Gasteiger partial charge on any atom is -0.397 e. The molecule has 3 rings (SSSR count). The summed E-state index contributed by atoms with van der Waals surface area (Å²) in [7, 11) is 1.98. The van der Waals surface area contributed by atoms with Crippen molar-refractivity contribution in [3.8, 4) is 22.1 Å². The van der Waals surface area contributed by atoms with Crippen LogP contribution in [0.3, 0.4) is 0 Å². The lowest BCUT2D eigenvalue weighted by Crippen LogP contribution is -2.26. The lowest BCUT2D eigenvalue weighted by Gasteiger charge is -1.93. The Morgan fingerprint density at radius 1 is 1.17 bits per heavy atom. The van der Waals surface area contributed by atoms with Crippen molar-refractivity contribution in [1.82, 2.24) is 0 Å². The number of aromatic nitrogens is 1. The van der Waals surface area contributed by atoms with E-state index in [4.69, 9.17) is 16.0 Å². The summed E-state index contributed by atoms with van der Waals surface area (Å²) in [6.45, 7) is 0. The van der Waals surface area contributed by atoms with Gasteiger partial charge in [0.1, 0.15) is 11.9 Å². The van der Waals surface area contributed by atoms with Crippen LogP contribution in [0.5, 0.6) is 0 Å². The molecule has 4 heteroatoms. The van der Waals surface area contributed by atoms with Crippen LogP contribution in [0.1, 0.15) is 0 Å². The highest BCUT2D eigenvalue weighted by molar-refractivity contribution is 7.13. The molecule has 0 fully saturated rings. The summed E-state index contributed by atoms with van der Waals surface area (Å²) in [4.78, 5) is 1.12. The molecule has 0 N–H and O–H groups in total. The molecule has 0 bridgehead atoms. The largest absolute Gasteiger partial charge is 0.397 e. The summed E-state index contributed by atoms with van der Waals surface area (Å²) in [5, 5.41) is 2.77. The number of hydrogen-bond donors (Lipinski definition) is 0. The number of oxazole rings is 1. The fraction of sp³-hybridized carbons (Fsp3) is 0.0714. The average Bonchev–Trinajstić information content (AvgIpc) is 2.99. The predicted octanol–water partition coefficient (Wildman–Crippen LogP) is 4.15. The number of rotatable bonds is 2. The second-order valence-electron chi connectivity index (χ2n) is 4.00. The summed E-state index contributed by atoms with van der Waals surface area (Å²) >= 11 is 7.55. The summed E-state index contributed by atoms with van der Waals surface area (Å²) in [5.74, 6) is 1.72. The Hall–Kier alpha value is -1.58. The first-order valence-electron chi connectivity index (χ1n) is 5.53. The van der Waals surface area contributed by atoms with Crippen molar-refractivity contribution in [3.63, 3.8) is 0 Å². The minimum atomic E-state index is 0.730. The summed E-state index contributed by atoms with van der Waals surface area (Å²) < 4.78 is 7.91. The van der Waals surface area contributed by atoms with Crippen LogP contribution >= 0.6 is 22.9 Å². The molecule has 18 heavy (non-hydrogen) atoms. The van der Waals surface area contributed by atoms with E-state index in [1.54, 1.807) is 11.3 Å². The van der Waals surface area contributed by atoms with Crippen molar-refractivity contribution in [3.05, 3.63) is 53.0 Å². The zero-order valence-electron chi connectivity index (χ0n) is 9.76. The Labute approximate surface area is 114 Å². The van der Waals surface area contributed by atoms with Gasteiger partial charge in [-0.25, -0.2) is 0 Å². The first kappa shape index (κ1) is 11.5. The molecule has 1 aromatic carbocycles. The van der Waals surface area contributed by atoms with E-state index < -0.39 is 0 Å². The number of nitrogens with zero attached hydrogens (tertiary/aromatic N) is 1. The van der Waals surface area contributed by atoms with Gasteiger partial charge < -0.3 is 4.42 Å². The smallest absolute Gasteiger partial charge is 0.391 e. The van der Waals surface area contributed by atoms with Crippen molar-refractivity contribution in [2.45, 2.75) is 0 Å². The van der Waals surface area contributed by atoms with Gasteiger partial charge in [-0.3, -0.25) is 0 Å². The second kappa shape index (κ2) is 4.59. The molecule has 0 aliphatic carbocycles. The highest BCUT2D eigenvalue weighted by Gasteiger charge is 2.19. The van der Waals surface area contributed by atoms with Gasteiger partial charge in [0.15, 0.2) is 0 Å². The molecule has 3 aromatic rings. The molecule has 2 nitrogen and oxygen atoms in total. The molecule has 2 aromatic heterocycles. The van der Waals surface area contributed by atoms with Gasteiger partial charge in [-0.05, 0) is 35.7 Å². The van der Waals surface area contributed by atoms with Crippen LogP contribution in [0.25, 0.3) is 22.1 Å². The van der Waals surface area contributed by atoms with Crippen LogP contribution in [-0.4, -0.2) is 0 Å². The molecule has 0 amide bonds. The summed E-state index contributed by atoms with van der Waals surface area (Å²) in [6.07, 6.45) is 1.98.